The number of aromatic amines is 1. The molecule has 2 aromatic carbocycles. The van der Waals surface area contributed by atoms with E-state index in [1.54, 1.807) is 4.57 Å². The summed E-state index contributed by atoms with van der Waals surface area (Å²) < 4.78 is 2.42. The van der Waals surface area contributed by atoms with Crippen LogP contribution in [-0.2, 0) is 11.3 Å². The summed E-state index contributed by atoms with van der Waals surface area (Å²) in [5.41, 5.74) is 4.61. The number of thioether (sulfide) groups is 1. The van der Waals surface area contributed by atoms with Crippen molar-refractivity contribution in [3.8, 4) is 11.1 Å². The number of nitrogens with one attached hydrogen (secondary N) is 2. The van der Waals surface area contributed by atoms with Crippen LogP contribution in [0.15, 0.2) is 69.2 Å². The van der Waals surface area contributed by atoms with Crippen LogP contribution in [0.3, 0.4) is 0 Å². The van der Waals surface area contributed by atoms with E-state index in [4.69, 9.17) is 4.98 Å². The van der Waals surface area contributed by atoms with E-state index in [0.717, 1.165) is 21.2 Å². The number of anilines is 1. The van der Waals surface area contributed by atoms with Gasteiger partial charge in [0.1, 0.15) is 11.0 Å². The fourth-order valence-electron chi connectivity index (χ4n) is 3.34. The lowest BCUT2D eigenvalue weighted by Gasteiger charge is -2.11. The zero-order valence-corrected chi connectivity index (χ0v) is 19.5. The number of carbonyl (C=O) groups is 1. The van der Waals surface area contributed by atoms with Crippen molar-refractivity contribution in [2.24, 2.45) is 0 Å². The van der Waals surface area contributed by atoms with Crippen LogP contribution in [0, 0.1) is 6.92 Å². The minimum absolute atomic E-state index is 0.140. The van der Waals surface area contributed by atoms with Gasteiger partial charge in [0.15, 0.2) is 5.16 Å². The third-order valence-corrected chi connectivity index (χ3v) is 6.51. The Morgan fingerprint density at radius 2 is 2.00 bits per heavy atom. The Kier molecular flexibility index (Phi) is 6.29. The molecule has 2 heterocycles. The summed E-state index contributed by atoms with van der Waals surface area (Å²) in [6.45, 7) is 4.35. The van der Waals surface area contributed by atoms with Crippen LogP contribution >= 0.6 is 27.7 Å². The van der Waals surface area contributed by atoms with E-state index in [9.17, 15) is 9.59 Å². The standard InChI is InChI=1S/C23H21BrN4O2S/c1-3-28-22(30)21-20(16(12-25-21)15-7-5-4-6-8-15)27-23(28)31-13-19(29)26-18-10-9-14(2)11-17(18)24/h4-12,25H,3,13H2,1-2H3,(H,26,29). The molecule has 2 aromatic heterocycles. The molecule has 0 aliphatic rings. The van der Waals surface area contributed by atoms with E-state index < -0.39 is 0 Å². The van der Waals surface area contributed by atoms with E-state index in [2.05, 4.69) is 26.2 Å². The van der Waals surface area contributed by atoms with Crippen molar-refractivity contribution in [1.29, 1.82) is 0 Å². The normalized spacial score (nSPS) is 11.1. The van der Waals surface area contributed by atoms with Gasteiger partial charge in [-0.15, -0.1) is 0 Å². The van der Waals surface area contributed by atoms with Gasteiger partial charge in [-0.3, -0.25) is 14.2 Å². The second-order valence-corrected chi connectivity index (χ2v) is 8.85. The Balaban J connectivity index is 1.62. The number of benzene rings is 2. The fraction of sp³-hybridized carbons (Fsp3) is 0.174. The second kappa shape index (κ2) is 9.11. The molecule has 0 spiro atoms. The Morgan fingerprint density at radius 3 is 2.71 bits per heavy atom. The molecule has 0 bridgehead atoms. The van der Waals surface area contributed by atoms with Crippen LogP contribution < -0.4 is 10.9 Å². The third kappa shape index (κ3) is 4.45. The predicted octanol–water partition coefficient (Wildman–Crippen LogP) is 5.21. The minimum atomic E-state index is -0.163. The number of halogens is 1. The maximum Gasteiger partial charge on any atom is 0.278 e. The number of amides is 1. The first-order valence-corrected chi connectivity index (χ1v) is 11.6. The van der Waals surface area contributed by atoms with Gasteiger partial charge in [0.25, 0.3) is 5.56 Å². The van der Waals surface area contributed by atoms with Gasteiger partial charge in [-0.1, -0.05) is 48.2 Å². The van der Waals surface area contributed by atoms with E-state index in [0.29, 0.717) is 28.4 Å². The molecular weight excluding hydrogens is 476 g/mol. The molecule has 0 saturated carbocycles. The molecule has 158 valence electrons. The first kappa shape index (κ1) is 21.4. The maximum absolute atomic E-state index is 13.0. The van der Waals surface area contributed by atoms with Crippen molar-refractivity contribution in [1.82, 2.24) is 14.5 Å². The number of nitrogens with zero attached hydrogens (tertiary/aromatic N) is 2. The molecule has 31 heavy (non-hydrogen) atoms. The van der Waals surface area contributed by atoms with Crippen molar-refractivity contribution < 1.29 is 4.79 Å². The van der Waals surface area contributed by atoms with Gasteiger partial charge < -0.3 is 10.3 Å². The maximum atomic E-state index is 13.0. The first-order valence-electron chi connectivity index (χ1n) is 9.84. The molecule has 0 atom stereocenters. The highest BCUT2D eigenvalue weighted by atomic mass is 79.9. The molecule has 1 amide bonds. The summed E-state index contributed by atoms with van der Waals surface area (Å²) in [7, 11) is 0. The van der Waals surface area contributed by atoms with Crippen molar-refractivity contribution in [3.05, 3.63) is 75.1 Å². The zero-order valence-electron chi connectivity index (χ0n) is 17.1. The van der Waals surface area contributed by atoms with Gasteiger partial charge in [-0.05, 0) is 53.0 Å². The van der Waals surface area contributed by atoms with Crippen molar-refractivity contribution >= 4 is 50.3 Å². The van der Waals surface area contributed by atoms with Gasteiger partial charge in [-0.2, -0.15) is 0 Å². The average molecular weight is 497 g/mol. The summed E-state index contributed by atoms with van der Waals surface area (Å²) in [6, 6.07) is 15.6. The van der Waals surface area contributed by atoms with Gasteiger partial charge in [-0.25, -0.2) is 4.98 Å². The van der Waals surface area contributed by atoms with Gasteiger partial charge in [0.2, 0.25) is 5.91 Å². The molecule has 0 aliphatic carbocycles. The van der Waals surface area contributed by atoms with Crippen molar-refractivity contribution in [2.75, 3.05) is 11.1 Å². The summed E-state index contributed by atoms with van der Waals surface area (Å²) in [6.07, 6.45) is 1.81. The molecule has 8 heteroatoms. The van der Waals surface area contributed by atoms with Crippen LogP contribution in [0.25, 0.3) is 22.2 Å². The largest absolute Gasteiger partial charge is 0.355 e. The number of aromatic nitrogens is 3. The monoisotopic (exact) mass is 496 g/mol. The van der Waals surface area contributed by atoms with Crippen molar-refractivity contribution in [3.63, 3.8) is 0 Å². The van der Waals surface area contributed by atoms with Gasteiger partial charge in [0, 0.05) is 22.8 Å². The van der Waals surface area contributed by atoms with Gasteiger partial charge in [0.05, 0.1) is 11.4 Å². The molecule has 4 aromatic rings. The molecule has 6 nitrogen and oxygen atoms in total. The predicted molar refractivity (Wildman–Crippen MR) is 130 cm³/mol. The number of rotatable bonds is 6. The lowest BCUT2D eigenvalue weighted by atomic mass is 10.1. The highest BCUT2D eigenvalue weighted by molar-refractivity contribution is 9.10. The smallest absolute Gasteiger partial charge is 0.278 e. The van der Waals surface area contributed by atoms with E-state index in [1.165, 1.54) is 11.8 Å². The molecule has 0 radical (unpaired) electrons. The molecule has 0 aliphatic heterocycles. The Labute approximate surface area is 192 Å². The van der Waals surface area contributed by atoms with E-state index >= 15 is 0 Å². The second-order valence-electron chi connectivity index (χ2n) is 7.06. The first-order chi connectivity index (χ1) is 15.0. The van der Waals surface area contributed by atoms with Gasteiger partial charge >= 0.3 is 0 Å². The Bertz CT molecular complexity index is 1310. The summed E-state index contributed by atoms with van der Waals surface area (Å²) in [5.74, 6) is -0.0208. The summed E-state index contributed by atoms with van der Waals surface area (Å²) >= 11 is 4.73. The quantitative estimate of drug-likeness (QED) is 0.283. The minimum Gasteiger partial charge on any atom is -0.355 e. The SMILES string of the molecule is CCn1c(SCC(=O)Nc2ccc(C)cc2Br)nc2c(-c3ccccc3)c[nH]c2c1=O. The number of hydrogen-bond acceptors (Lipinski definition) is 4. The molecule has 4 rings (SSSR count). The molecule has 2 N–H and O–H groups in total. The fourth-order valence-corrected chi connectivity index (χ4v) is 4.79. The molecule has 0 unspecified atom stereocenters. The summed E-state index contributed by atoms with van der Waals surface area (Å²) in [5, 5.41) is 3.42. The molecule has 0 fully saturated rings. The number of aryl methyl sites for hydroxylation is 1. The number of carbonyl (C=O) groups excluding carboxylic acids is 1. The van der Waals surface area contributed by atoms with Crippen LogP contribution in [0.5, 0.6) is 0 Å². The zero-order chi connectivity index (χ0) is 22.0. The number of hydrogen-bond donors (Lipinski definition) is 2. The van der Waals surface area contributed by atoms with E-state index in [-0.39, 0.29) is 17.2 Å². The average Bonchev–Trinajstić information content (AvgIpc) is 3.19. The lowest BCUT2D eigenvalue weighted by molar-refractivity contribution is -0.113. The Morgan fingerprint density at radius 1 is 1.23 bits per heavy atom. The van der Waals surface area contributed by atoms with Crippen LogP contribution in [0.4, 0.5) is 5.69 Å². The topological polar surface area (TPSA) is 79.8 Å². The van der Waals surface area contributed by atoms with Crippen LogP contribution in [0.2, 0.25) is 0 Å². The highest BCUT2D eigenvalue weighted by Gasteiger charge is 2.17. The number of H-pyrrole nitrogens is 1. The van der Waals surface area contributed by atoms with Crippen LogP contribution in [-0.4, -0.2) is 26.2 Å². The summed E-state index contributed by atoms with van der Waals surface area (Å²) in [4.78, 5) is 33.4. The number of fused-ring (bicyclic) bond motifs is 1. The third-order valence-electron chi connectivity index (χ3n) is 4.88. The van der Waals surface area contributed by atoms with E-state index in [1.807, 2.05) is 68.6 Å². The molecule has 0 saturated heterocycles. The Hall–Kier alpha value is -2.84. The highest BCUT2D eigenvalue weighted by Crippen LogP contribution is 2.28. The lowest BCUT2D eigenvalue weighted by Crippen LogP contribution is -2.23. The van der Waals surface area contributed by atoms with Crippen molar-refractivity contribution in [2.45, 2.75) is 25.5 Å². The molecular formula is C23H21BrN4O2S. The van der Waals surface area contributed by atoms with Crippen LogP contribution in [0.1, 0.15) is 12.5 Å².